The van der Waals surface area contributed by atoms with Crippen LogP contribution in [-0.4, -0.2) is 12.6 Å². The van der Waals surface area contributed by atoms with Gasteiger partial charge in [0, 0.05) is 16.6 Å². The fourth-order valence-electron chi connectivity index (χ4n) is 1.31. The van der Waals surface area contributed by atoms with E-state index in [-0.39, 0.29) is 6.10 Å². The lowest BCUT2D eigenvalue weighted by molar-refractivity contribution is 0.267. The molecule has 0 saturated carbocycles. The highest BCUT2D eigenvalue weighted by atomic mass is 79.9. The molecule has 0 aliphatic rings. The number of nitrogens with one attached hydrogen (secondary N) is 1. The Morgan fingerprint density at radius 1 is 1.56 bits per heavy atom. The molecule has 16 heavy (non-hydrogen) atoms. The number of ether oxygens (including phenoxy) is 1. The van der Waals surface area contributed by atoms with Gasteiger partial charge in [-0.2, -0.15) is 0 Å². The molecule has 0 aromatic heterocycles. The van der Waals surface area contributed by atoms with Crippen LogP contribution in [0.1, 0.15) is 19.4 Å². The summed E-state index contributed by atoms with van der Waals surface area (Å²) in [7, 11) is 0. The van der Waals surface area contributed by atoms with E-state index in [1.54, 1.807) is 6.08 Å². The molecule has 0 heterocycles. The largest absolute Gasteiger partial charge is 0.486 e. The van der Waals surface area contributed by atoms with Gasteiger partial charge >= 0.3 is 0 Å². The summed E-state index contributed by atoms with van der Waals surface area (Å²) in [5, 5.41) is 3.30. The van der Waals surface area contributed by atoms with Crippen molar-refractivity contribution < 1.29 is 4.74 Å². The van der Waals surface area contributed by atoms with Crippen LogP contribution in [0.25, 0.3) is 0 Å². The zero-order valence-electron chi connectivity index (χ0n) is 9.79. The fourth-order valence-corrected chi connectivity index (χ4v) is 1.72. The topological polar surface area (TPSA) is 21.3 Å². The lowest BCUT2D eigenvalue weighted by Gasteiger charge is -2.15. The van der Waals surface area contributed by atoms with E-state index in [9.17, 15) is 0 Å². The molecule has 3 heteroatoms. The number of rotatable bonds is 6. The van der Waals surface area contributed by atoms with Crippen LogP contribution in [0.2, 0.25) is 0 Å². The van der Waals surface area contributed by atoms with Crippen molar-refractivity contribution in [2.24, 2.45) is 0 Å². The molecule has 0 aliphatic carbocycles. The van der Waals surface area contributed by atoms with Crippen molar-refractivity contribution in [3.8, 4) is 5.75 Å². The number of hydrogen-bond donors (Lipinski definition) is 1. The van der Waals surface area contributed by atoms with Crippen molar-refractivity contribution in [3.05, 3.63) is 40.9 Å². The summed E-state index contributed by atoms with van der Waals surface area (Å²) in [5.41, 5.74) is 1.16. The molecule has 0 saturated heterocycles. The number of hydrogen-bond acceptors (Lipinski definition) is 2. The molecule has 0 bridgehead atoms. The van der Waals surface area contributed by atoms with Crippen molar-refractivity contribution in [1.29, 1.82) is 0 Å². The standard InChI is InChI=1S/C13H18BrNO/c1-4-10(3)16-13-7-6-12(14)8-11(13)9-15-5-2/h4,6-8,10,15H,1,5,9H2,2-3H3. The van der Waals surface area contributed by atoms with E-state index in [0.29, 0.717) is 0 Å². The Labute approximate surface area is 106 Å². The summed E-state index contributed by atoms with van der Waals surface area (Å²) in [4.78, 5) is 0. The van der Waals surface area contributed by atoms with Gasteiger partial charge in [-0.15, -0.1) is 0 Å². The summed E-state index contributed by atoms with van der Waals surface area (Å²) in [5.74, 6) is 0.913. The van der Waals surface area contributed by atoms with Crippen LogP contribution >= 0.6 is 15.9 Å². The first-order valence-corrected chi connectivity index (χ1v) is 6.25. The Morgan fingerprint density at radius 3 is 2.94 bits per heavy atom. The monoisotopic (exact) mass is 283 g/mol. The summed E-state index contributed by atoms with van der Waals surface area (Å²) in [6.45, 7) is 9.54. The van der Waals surface area contributed by atoms with Gasteiger partial charge in [0.1, 0.15) is 11.9 Å². The van der Waals surface area contributed by atoms with Gasteiger partial charge in [0.05, 0.1) is 0 Å². The third kappa shape index (κ3) is 3.99. The second-order valence-electron chi connectivity index (χ2n) is 3.59. The Hall–Kier alpha value is -0.800. The molecule has 0 aliphatic heterocycles. The molecule has 1 N–H and O–H groups in total. The van der Waals surface area contributed by atoms with Crippen molar-refractivity contribution >= 4 is 15.9 Å². The van der Waals surface area contributed by atoms with Gasteiger partial charge < -0.3 is 10.1 Å². The van der Waals surface area contributed by atoms with Crippen LogP contribution < -0.4 is 10.1 Å². The fraction of sp³-hybridized carbons (Fsp3) is 0.385. The van der Waals surface area contributed by atoms with Gasteiger partial charge in [0.2, 0.25) is 0 Å². The first-order valence-electron chi connectivity index (χ1n) is 5.45. The van der Waals surface area contributed by atoms with Gasteiger partial charge in [-0.25, -0.2) is 0 Å². The molecule has 88 valence electrons. The van der Waals surface area contributed by atoms with Crippen LogP contribution in [0.5, 0.6) is 5.75 Å². The molecule has 1 aromatic carbocycles. The second kappa shape index (κ2) is 6.71. The predicted octanol–water partition coefficient (Wildman–Crippen LogP) is 3.51. The van der Waals surface area contributed by atoms with E-state index in [1.807, 2.05) is 19.1 Å². The Balaban J connectivity index is 2.84. The zero-order chi connectivity index (χ0) is 12.0. The quantitative estimate of drug-likeness (QED) is 0.807. The number of halogens is 1. The molecule has 0 fully saturated rings. The lowest BCUT2D eigenvalue weighted by Crippen LogP contribution is -2.15. The van der Waals surface area contributed by atoms with Crippen LogP contribution in [0.3, 0.4) is 0 Å². The van der Waals surface area contributed by atoms with Crippen molar-refractivity contribution in [2.45, 2.75) is 26.5 Å². The van der Waals surface area contributed by atoms with E-state index in [0.717, 1.165) is 28.9 Å². The minimum Gasteiger partial charge on any atom is -0.486 e. The summed E-state index contributed by atoms with van der Waals surface area (Å²) < 4.78 is 6.84. The maximum atomic E-state index is 5.77. The van der Waals surface area contributed by atoms with E-state index in [4.69, 9.17) is 4.74 Å². The maximum Gasteiger partial charge on any atom is 0.124 e. The van der Waals surface area contributed by atoms with Gasteiger partial charge in [-0.1, -0.05) is 35.5 Å². The molecule has 2 nitrogen and oxygen atoms in total. The summed E-state index contributed by atoms with van der Waals surface area (Å²) >= 11 is 3.47. The van der Waals surface area contributed by atoms with Gasteiger partial charge in [-0.3, -0.25) is 0 Å². The zero-order valence-corrected chi connectivity index (χ0v) is 11.4. The molecule has 1 rings (SSSR count). The molecule has 0 spiro atoms. The minimum atomic E-state index is 0.0292. The van der Waals surface area contributed by atoms with Gasteiger partial charge in [0.25, 0.3) is 0 Å². The maximum absolute atomic E-state index is 5.77. The molecule has 1 unspecified atom stereocenters. The Kier molecular flexibility index (Phi) is 5.56. The average Bonchev–Trinajstić information content (AvgIpc) is 2.29. The van der Waals surface area contributed by atoms with E-state index in [1.165, 1.54) is 0 Å². The van der Waals surface area contributed by atoms with Crippen molar-refractivity contribution in [3.63, 3.8) is 0 Å². The average molecular weight is 284 g/mol. The van der Waals surface area contributed by atoms with Crippen molar-refractivity contribution in [2.75, 3.05) is 6.54 Å². The summed E-state index contributed by atoms with van der Waals surface area (Å²) in [6, 6.07) is 6.05. The predicted molar refractivity (Wildman–Crippen MR) is 71.8 cm³/mol. The van der Waals surface area contributed by atoms with Crippen molar-refractivity contribution in [1.82, 2.24) is 5.32 Å². The second-order valence-corrected chi connectivity index (χ2v) is 4.51. The highest BCUT2D eigenvalue weighted by Crippen LogP contribution is 2.24. The van der Waals surface area contributed by atoms with E-state index >= 15 is 0 Å². The number of benzene rings is 1. The van der Waals surface area contributed by atoms with Crippen LogP contribution in [0, 0.1) is 0 Å². The Bertz CT molecular complexity index is 352. The highest BCUT2D eigenvalue weighted by molar-refractivity contribution is 9.10. The third-order valence-electron chi connectivity index (χ3n) is 2.23. The first kappa shape index (κ1) is 13.3. The molecular formula is C13H18BrNO. The SMILES string of the molecule is C=CC(C)Oc1ccc(Br)cc1CNCC. The van der Waals surface area contributed by atoms with Crippen LogP contribution in [-0.2, 0) is 6.54 Å². The van der Waals surface area contributed by atoms with E-state index < -0.39 is 0 Å². The molecule has 0 radical (unpaired) electrons. The summed E-state index contributed by atoms with van der Waals surface area (Å²) in [6.07, 6.45) is 1.82. The van der Waals surface area contributed by atoms with Crippen LogP contribution in [0.4, 0.5) is 0 Å². The third-order valence-corrected chi connectivity index (χ3v) is 2.73. The first-order chi connectivity index (χ1) is 7.67. The molecule has 0 amide bonds. The Morgan fingerprint density at radius 2 is 2.31 bits per heavy atom. The lowest BCUT2D eigenvalue weighted by atomic mass is 10.2. The molecular weight excluding hydrogens is 266 g/mol. The van der Waals surface area contributed by atoms with E-state index in [2.05, 4.69) is 40.8 Å². The van der Waals surface area contributed by atoms with Crippen LogP contribution in [0.15, 0.2) is 35.3 Å². The normalized spacial score (nSPS) is 12.2. The van der Waals surface area contributed by atoms with Gasteiger partial charge in [-0.05, 0) is 31.7 Å². The van der Waals surface area contributed by atoms with Gasteiger partial charge in [0.15, 0.2) is 0 Å². The molecule has 1 aromatic rings. The smallest absolute Gasteiger partial charge is 0.124 e. The highest BCUT2D eigenvalue weighted by Gasteiger charge is 2.06. The molecule has 1 atom stereocenters. The minimum absolute atomic E-state index is 0.0292.